The van der Waals surface area contributed by atoms with Gasteiger partial charge >= 0.3 is 13.8 Å². The number of carbonyl (C=O) groups is 1. The summed E-state index contributed by atoms with van der Waals surface area (Å²) < 4.78 is 33.3. The van der Waals surface area contributed by atoms with Crippen LogP contribution in [0.3, 0.4) is 0 Å². The molecule has 302 valence electrons. The average Bonchev–Trinajstić information content (AvgIpc) is 3.13. The SMILES string of the molecule is CC/C=C\C/C=C\C/C=C\C/C=C\CCCCCCC(=O)OC(COCCCCCCCC/C=C\CCCCCC)COP(=O)(O)OCC(O)CO. The van der Waals surface area contributed by atoms with Gasteiger partial charge in [0.2, 0.25) is 0 Å². The Morgan fingerprint density at radius 2 is 1.10 bits per heavy atom. The van der Waals surface area contributed by atoms with Crippen molar-refractivity contribution in [2.24, 2.45) is 0 Å². The molecular formula is C42H75O9P. The fourth-order valence-electron chi connectivity index (χ4n) is 5.10. The zero-order valence-corrected chi connectivity index (χ0v) is 33.7. The second-order valence-electron chi connectivity index (χ2n) is 13.3. The Balaban J connectivity index is 4.28. The number of hydrogen-bond donors (Lipinski definition) is 3. The quantitative estimate of drug-likeness (QED) is 0.0244. The average molecular weight is 755 g/mol. The number of aliphatic hydroxyl groups excluding tert-OH is 2. The molecule has 0 radical (unpaired) electrons. The Kier molecular flexibility index (Phi) is 37.5. The summed E-state index contributed by atoms with van der Waals surface area (Å²) in [6.45, 7) is 3.32. The third kappa shape index (κ3) is 37.9. The Hall–Kier alpha value is -1.84. The van der Waals surface area contributed by atoms with Crippen molar-refractivity contribution in [1.29, 1.82) is 0 Å². The van der Waals surface area contributed by atoms with Crippen LogP contribution in [0, 0.1) is 0 Å². The Labute approximate surface area is 317 Å². The molecule has 0 rings (SSSR count). The van der Waals surface area contributed by atoms with Crippen molar-refractivity contribution < 1.29 is 43.0 Å². The van der Waals surface area contributed by atoms with Crippen LogP contribution in [-0.2, 0) is 27.9 Å². The van der Waals surface area contributed by atoms with Crippen LogP contribution in [0.5, 0.6) is 0 Å². The van der Waals surface area contributed by atoms with Crippen molar-refractivity contribution in [2.45, 2.75) is 167 Å². The molecule has 3 atom stereocenters. The maximum Gasteiger partial charge on any atom is 0.472 e. The third-order valence-electron chi connectivity index (χ3n) is 8.19. The van der Waals surface area contributed by atoms with E-state index in [1.165, 1.54) is 51.4 Å². The molecule has 0 saturated carbocycles. The molecule has 0 aliphatic heterocycles. The largest absolute Gasteiger partial charge is 0.472 e. The first-order valence-electron chi connectivity index (χ1n) is 20.3. The molecule has 0 heterocycles. The number of hydrogen-bond acceptors (Lipinski definition) is 8. The number of phosphoric acid groups is 1. The van der Waals surface area contributed by atoms with E-state index < -0.39 is 45.8 Å². The van der Waals surface area contributed by atoms with Gasteiger partial charge in [0, 0.05) is 13.0 Å². The zero-order chi connectivity index (χ0) is 38.2. The summed E-state index contributed by atoms with van der Waals surface area (Å²) in [5.41, 5.74) is 0. The summed E-state index contributed by atoms with van der Waals surface area (Å²) in [7, 11) is -4.52. The van der Waals surface area contributed by atoms with Crippen LogP contribution in [0.15, 0.2) is 60.8 Å². The molecule has 0 aliphatic carbocycles. The highest BCUT2D eigenvalue weighted by atomic mass is 31.2. The Morgan fingerprint density at radius 3 is 1.67 bits per heavy atom. The van der Waals surface area contributed by atoms with Crippen LogP contribution in [0.1, 0.15) is 155 Å². The molecule has 0 fully saturated rings. The van der Waals surface area contributed by atoms with Gasteiger partial charge < -0.3 is 24.6 Å². The molecule has 0 bridgehead atoms. The topological polar surface area (TPSA) is 132 Å². The van der Waals surface area contributed by atoms with Gasteiger partial charge in [-0.25, -0.2) is 4.57 Å². The van der Waals surface area contributed by atoms with E-state index in [1.54, 1.807) is 0 Å². The highest BCUT2D eigenvalue weighted by molar-refractivity contribution is 7.47. The zero-order valence-electron chi connectivity index (χ0n) is 32.8. The van der Waals surface area contributed by atoms with Crippen molar-refractivity contribution in [3.8, 4) is 0 Å². The number of unbranched alkanes of at least 4 members (excludes halogenated alkanes) is 14. The fraction of sp³-hybridized carbons (Fsp3) is 0.738. The van der Waals surface area contributed by atoms with Gasteiger partial charge in [-0.15, -0.1) is 0 Å². The molecule has 0 aromatic carbocycles. The first-order valence-corrected chi connectivity index (χ1v) is 21.8. The second kappa shape index (κ2) is 38.9. The number of phosphoric ester groups is 1. The van der Waals surface area contributed by atoms with Crippen molar-refractivity contribution in [3.05, 3.63) is 60.8 Å². The monoisotopic (exact) mass is 755 g/mol. The van der Waals surface area contributed by atoms with Gasteiger partial charge in [0.05, 0.1) is 26.4 Å². The van der Waals surface area contributed by atoms with E-state index in [-0.39, 0.29) is 13.0 Å². The fourth-order valence-corrected chi connectivity index (χ4v) is 5.89. The van der Waals surface area contributed by atoms with E-state index in [9.17, 15) is 19.4 Å². The number of esters is 1. The van der Waals surface area contributed by atoms with Gasteiger partial charge in [0.15, 0.2) is 0 Å². The molecule has 0 aromatic rings. The molecule has 0 aromatic heterocycles. The summed E-state index contributed by atoms with van der Waals surface area (Å²) >= 11 is 0. The van der Waals surface area contributed by atoms with Crippen LogP contribution in [0.4, 0.5) is 0 Å². The van der Waals surface area contributed by atoms with E-state index >= 15 is 0 Å². The van der Waals surface area contributed by atoms with Gasteiger partial charge in [-0.2, -0.15) is 0 Å². The van der Waals surface area contributed by atoms with E-state index in [4.69, 9.17) is 23.6 Å². The molecule has 3 unspecified atom stereocenters. The van der Waals surface area contributed by atoms with Gasteiger partial charge in [-0.3, -0.25) is 13.8 Å². The molecule has 10 heteroatoms. The van der Waals surface area contributed by atoms with Gasteiger partial charge in [-0.1, -0.05) is 132 Å². The summed E-state index contributed by atoms with van der Waals surface area (Å²) in [6.07, 6.45) is 43.2. The van der Waals surface area contributed by atoms with Gasteiger partial charge in [0.25, 0.3) is 0 Å². The lowest BCUT2D eigenvalue weighted by atomic mass is 10.1. The minimum atomic E-state index is -4.52. The van der Waals surface area contributed by atoms with Crippen LogP contribution < -0.4 is 0 Å². The lowest BCUT2D eigenvalue weighted by molar-refractivity contribution is -0.154. The standard InChI is InChI=1S/C42H75O9P/c1-3-5-7-9-11-13-15-17-19-20-21-22-24-26-28-30-32-34-42(45)51-41(39-50-52(46,47)49-37-40(44)36-43)38-48-35-33-31-29-27-25-23-18-16-14-12-10-8-6-4-2/h5,7,11,13-14,16-17,19,21-22,40-41,43-44H,3-4,6,8-10,12,15,18,20,23-39H2,1-2H3,(H,46,47)/b7-5-,13-11-,16-14-,19-17-,22-21-. The molecule has 0 aliphatic rings. The first-order chi connectivity index (χ1) is 25.3. The molecule has 0 spiro atoms. The van der Waals surface area contributed by atoms with Gasteiger partial charge in [0.1, 0.15) is 12.2 Å². The number of allylic oxidation sites excluding steroid dienone is 10. The first kappa shape index (κ1) is 50.2. The number of ether oxygens (including phenoxy) is 2. The van der Waals surface area contributed by atoms with Crippen molar-refractivity contribution in [3.63, 3.8) is 0 Å². The lowest BCUT2D eigenvalue weighted by Crippen LogP contribution is -2.29. The lowest BCUT2D eigenvalue weighted by Gasteiger charge is -2.20. The second-order valence-corrected chi connectivity index (χ2v) is 14.7. The van der Waals surface area contributed by atoms with Crippen molar-refractivity contribution in [1.82, 2.24) is 0 Å². The highest BCUT2D eigenvalue weighted by Crippen LogP contribution is 2.43. The minimum Gasteiger partial charge on any atom is -0.457 e. The minimum absolute atomic E-state index is 0.0324. The smallest absolute Gasteiger partial charge is 0.457 e. The third-order valence-corrected chi connectivity index (χ3v) is 9.14. The van der Waals surface area contributed by atoms with E-state index in [0.29, 0.717) is 13.0 Å². The summed E-state index contributed by atoms with van der Waals surface area (Å²) in [5.74, 6) is -0.410. The van der Waals surface area contributed by atoms with Crippen LogP contribution in [0.2, 0.25) is 0 Å². The molecular weight excluding hydrogens is 679 g/mol. The van der Waals surface area contributed by atoms with Crippen LogP contribution in [-0.4, -0.2) is 66.3 Å². The predicted molar refractivity (Wildman–Crippen MR) is 214 cm³/mol. The summed E-state index contributed by atoms with van der Waals surface area (Å²) in [5, 5.41) is 18.3. The molecule has 0 saturated heterocycles. The van der Waals surface area contributed by atoms with Gasteiger partial charge in [-0.05, 0) is 77.0 Å². The number of carbonyl (C=O) groups excluding carboxylic acids is 1. The Bertz CT molecular complexity index is 992. The maximum atomic E-state index is 12.6. The number of rotatable bonds is 38. The van der Waals surface area contributed by atoms with E-state index in [0.717, 1.165) is 77.0 Å². The predicted octanol–water partition coefficient (Wildman–Crippen LogP) is 10.8. The molecule has 0 amide bonds. The van der Waals surface area contributed by atoms with Crippen molar-refractivity contribution in [2.75, 3.05) is 33.0 Å². The van der Waals surface area contributed by atoms with E-state index in [2.05, 4.69) is 74.6 Å². The normalized spacial score (nSPS) is 14.8. The van der Waals surface area contributed by atoms with Crippen LogP contribution >= 0.6 is 7.82 Å². The molecule has 3 N–H and O–H groups in total. The summed E-state index contributed by atoms with van der Waals surface area (Å²) in [4.78, 5) is 22.5. The molecule has 9 nitrogen and oxygen atoms in total. The highest BCUT2D eigenvalue weighted by Gasteiger charge is 2.26. The number of aliphatic hydroxyl groups is 2. The Morgan fingerprint density at radius 1 is 0.615 bits per heavy atom. The van der Waals surface area contributed by atoms with Crippen LogP contribution in [0.25, 0.3) is 0 Å². The molecule has 52 heavy (non-hydrogen) atoms. The van der Waals surface area contributed by atoms with Crippen molar-refractivity contribution >= 4 is 13.8 Å². The summed E-state index contributed by atoms with van der Waals surface area (Å²) in [6, 6.07) is 0. The maximum absolute atomic E-state index is 12.6. The van der Waals surface area contributed by atoms with E-state index in [1.807, 2.05) is 0 Å².